The van der Waals surface area contributed by atoms with Crippen molar-refractivity contribution in [2.24, 2.45) is 5.41 Å². The number of piperidine rings is 1. The summed E-state index contributed by atoms with van der Waals surface area (Å²) in [6.45, 7) is 8.03. The maximum Gasteiger partial charge on any atom is 0.0802 e. The van der Waals surface area contributed by atoms with Gasteiger partial charge in [0.1, 0.15) is 0 Å². The molecule has 1 heterocycles. The molecule has 1 fully saturated rings. The quantitative estimate of drug-likeness (QED) is 0.883. The number of aliphatic hydroxyl groups excluding tert-OH is 1. The zero-order chi connectivity index (χ0) is 13.0. The number of aliphatic hydroxyl groups is 1. The molecule has 2 nitrogen and oxygen atoms in total. The molecule has 1 aliphatic rings. The molecule has 1 aliphatic heterocycles. The third kappa shape index (κ3) is 3.82. The average molecular weight is 247 g/mol. The molecule has 1 N–H and O–H groups in total. The SMILES string of the molecule is CC1(C)CCCN(CCC(O)c2ccccc2)C1. The summed E-state index contributed by atoms with van der Waals surface area (Å²) in [5.41, 5.74) is 1.48. The van der Waals surface area contributed by atoms with Gasteiger partial charge in [0, 0.05) is 13.1 Å². The minimum Gasteiger partial charge on any atom is -0.388 e. The normalized spacial score (nSPS) is 21.7. The first-order chi connectivity index (χ1) is 8.57. The summed E-state index contributed by atoms with van der Waals surface area (Å²) in [6, 6.07) is 9.98. The molecule has 1 saturated heterocycles. The van der Waals surface area contributed by atoms with Gasteiger partial charge in [-0.05, 0) is 36.8 Å². The van der Waals surface area contributed by atoms with Crippen LogP contribution in [0.15, 0.2) is 30.3 Å². The van der Waals surface area contributed by atoms with Crippen LogP contribution in [0.1, 0.15) is 44.8 Å². The van der Waals surface area contributed by atoms with Gasteiger partial charge in [-0.3, -0.25) is 0 Å². The van der Waals surface area contributed by atoms with Crippen LogP contribution in [0.25, 0.3) is 0 Å². The first-order valence-electron chi connectivity index (χ1n) is 7.02. The van der Waals surface area contributed by atoms with Gasteiger partial charge in [-0.2, -0.15) is 0 Å². The molecule has 0 spiro atoms. The number of hydrogen-bond acceptors (Lipinski definition) is 2. The van der Waals surface area contributed by atoms with Gasteiger partial charge in [-0.1, -0.05) is 44.2 Å². The summed E-state index contributed by atoms with van der Waals surface area (Å²) in [5.74, 6) is 0. The molecular weight excluding hydrogens is 222 g/mol. The predicted octanol–water partition coefficient (Wildman–Crippen LogP) is 3.23. The van der Waals surface area contributed by atoms with Crippen molar-refractivity contribution in [3.63, 3.8) is 0 Å². The molecule has 0 amide bonds. The van der Waals surface area contributed by atoms with Gasteiger partial charge in [0.25, 0.3) is 0 Å². The fourth-order valence-corrected chi connectivity index (χ4v) is 2.88. The number of rotatable bonds is 4. The number of hydrogen-bond donors (Lipinski definition) is 1. The third-order valence-electron chi connectivity index (χ3n) is 3.88. The zero-order valence-corrected chi connectivity index (χ0v) is 11.6. The second-order valence-electron chi connectivity index (χ2n) is 6.26. The van der Waals surface area contributed by atoms with Crippen molar-refractivity contribution < 1.29 is 5.11 Å². The van der Waals surface area contributed by atoms with Crippen molar-refractivity contribution in [2.75, 3.05) is 19.6 Å². The molecule has 1 atom stereocenters. The highest BCUT2D eigenvalue weighted by molar-refractivity contribution is 5.17. The van der Waals surface area contributed by atoms with Crippen LogP contribution in [0, 0.1) is 5.41 Å². The van der Waals surface area contributed by atoms with Crippen LogP contribution in [0.4, 0.5) is 0 Å². The molecule has 100 valence electrons. The number of nitrogens with zero attached hydrogens (tertiary/aromatic N) is 1. The smallest absolute Gasteiger partial charge is 0.0802 e. The Balaban J connectivity index is 1.81. The van der Waals surface area contributed by atoms with E-state index in [9.17, 15) is 5.11 Å². The summed E-state index contributed by atoms with van der Waals surface area (Å²) >= 11 is 0. The van der Waals surface area contributed by atoms with Crippen molar-refractivity contribution in [1.29, 1.82) is 0 Å². The van der Waals surface area contributed by atoms with E-state index in [-0.39, 0.29) is 6.10 Å². The second kappa shape index (κ2) is 5.85. The highest BCUT2D eigenvalue weighted by Gasteiger charge is 2.26. The Bertz CT molecular complexity index is 361. The summed E-state index contributed by atoms with van der Waals surface area (Å²) < 4.78 is 0. The molecule has 0 radical (unpaired) electrons. The Morgan fingerprint density at radius 3 is 2.67 bits per heavy atom. The van der Waals surface area contributed by atoms with Gasteiger partial charge in [0.2, 0.25) is 0 Å². The minimum absolute atomic E-state index is 0.323. The number of benzene rings is 1. The highest BCUT2D eigenvalue weighted by Crippen LogP contribution is 2.29. The van der Waals surface area contributed by atoms with Crippen molar-refractivity contribution in [3.8, 4) is 0 Å². The van der Waals surface area contributed by atoms with Crippen LogP contribution in [0.3, 0.4) is 0 Å². The zero-order valence-electron chi connectivity index (χ0n) is 11.6. The molecule has 18 heavy (non-hydrogen) atoms. The topological polar surface area (TPSA) is 23.5 Å². The number of likely N-dealkylation sites (tertiary alicyclic amines) is 1. The third-order valence-corrected chi connectivity index (χ3v) is 3.88. The molecule has 2 heteroatoms. The lowest BCUT2D eigenvalue weighted by atomic mass is 9.84. The molecule has 0 saturated carbocycles. The summed E-state index contributed by atoms with van der Waals surface area (Å²) in [5, 5.41) is 10.2. The monoisotopic (exact) mass is 247 g/mol. The van der Waals surface area contributed by atoms with E-state index in [1.165, 1.54) is 19.4 Å². The van der Waals surface area contributed by atoms with Gasteiger partial charge in [-0.25, -0.2) is 0 Å². The lowest BCUT2D eigenvalue weighted by Gasteiger charge is -2.38. The first-order valence-corrected chi connectivity index (χ1v) is 7.02. The van der Waals surface area contributed by atoms with Crippen LogP contribution in [-0.2, 0) is 0 Å². The van der Waals surface area contributed by atoms with Crippen LogP contribution in [-0.4, -0.2) is 29.6 Å². The minimum atomic E-state index is -0.323. The van der Waals surface area contributed by atoms with Crippen LogP contribution in [0.5, 0.6) is 0 Å². The van der Waals surface area contributed by atoms with Crippen molar-refractivity contribution >= 4 is 0 Å². The Labute approximate surface area is 111 Å². The van der Waals surface area contributed by atoms with Crippen molar-refractivity contribution in [2.45, 2.75) is 39.2 Å². The summed E-state index contributed by atoms with van der Waals surface area (Å²) in [7, 11) is 0. The van der Waals surface area contributed by atoms with E-state index in [1.54, 1.807) is 0 Å². The molecule has 0 bridgehead atoms. The van der Waals surface area contributed by atoms with Crippen molar-refractivity contribution in [1.82, 2.24) is 4.90 Å². The van der Waals surface area contributed by atoms with E-state index >= 15 is 0 Å². The van der Waals surface area contributed by atoms with Crippen LogP contribution < -0.4 is 0 Å². The lowest BCUT2D eigenvalue weighted by molar-refractivity contribution is 0.0899. The van der Waals surface area contributed by atoms with Crippen LogP contribution >= 0.6 is 0 Å². The Kier molecular flexibility index (Phi) is 4.41. The van der Waals surface area contributed by atoms with Gasteiger partial charge in [0.15, 0.2) is 0 Å². The second-order valence-corrected chi connectivity index (χ2v) is 6.26. The summed E-state index contributed by atoms with van der Waals surface area (Å²) in [4.78, 5) is 2.50. The van der Waals surface area contributed by atoms with Gasteiger partial charge < -0.3 is 10.0 Å². The standard InChI is InChI=1S/C16H25NO/c1-16(2)10-6-11-17(13-16)12-9-15(18)14-7-4-3-5-8-14/h3-5,7-8,15,18H,6,9-13H2,1-2H3. The first kappa shape index (κ1) is 13.6. The van der Waals surface area contributed by atoms with Gasteiger partial charge >= 0.3 is 0 Å². The van der Waals surface area contributed by atoms with E-state index in [1.807, 2.05) is 30.3 Å². The molecule has 2 rings (SSSR count). The van der Waals surface area contributed by atoms with E-state index in [2.05, 4.69) is 18.7 Å². The summed E-state index contributed by atoms with van der Waals surface area (Å²) in [6.07, 6.45) is 3.12. The van der Waals surface area contributed by atoms with E-state index in [0.717, 1.165) is 25.1 Å². The molecular formula is C16H25NO. The Hall–Kier alpha value is -0.860. The van der Waals surface area contributed by atoms with Gasteiger partial charge in [-0.15, -0.1) is 0 Å². The molecule has 0 aliphatic carbocycles. The molecule has 1 aromatic carbocycles. The lowest BCUT2D eigenvalue weighted by Crippen LogP contribution is -2.40. The fourth-order valence-electron chi connectivity index (χ4n) is 2.88. The van der Waals surface area contributed by atoms with E-state index in [0.29, 0.717) is 5.41 Å². The Morgan fingerprint density at radius 1 is 1.28 bits per heavy atom. The Morgan fingerprint density at radius 2 is 2.00 bits per heavy atom. The van der Waals surface area contributed by atoms with E-state index in [4.69, 9.17) is 0 Å². The molecule has 1 unspecified atom stereocenters. The van der Waals surface area contributed by atoms with E-state index < -0.39 is 0 Å². The molecule has 0 aromatic heterocycles. The fraction of sp³-hybridized carbons (Fsp3) is 0.625. The largest absolute Gasteiger partial charge is 0.388 e. The molecule has 1 aromatic rings. The van der Waals surface area contributed by atoms with Gasteiger partial charge in [0.05, 0.1) is 6.10 Å². The maximum atomic E-state index is 10.2. The van der Waals surface area contributed by atoms with Crippen molar-refractivity contribution in [3.05, 3.63) is 35.9 Å². The maximum absolute atomic E-state index is 10.2. The average Bonchev–Trinajstić information content (AvgIpc) is 2.36. The van der Waals surface area contributed by atoms with Crippen LogP contribution in [0.2, 0.25) is 0 Å². The predicted molar refractivity (Wildman–Crippen MR) is 75.5 cm³/mol. The highest BCUT2D eigenvalue weighted by atomic mass is 16.3.